The highest BCUT2D eigenvalue weighted by Crippen LogP contribution is 2.16. The van der Waals surface area contributed by atoms with Crippen LogP contribution in [0.5, 0.6) is 0 Å². The normalized spacial score (nSPS) is 12.6. The van der Waals surface area contributed by atoms with Crippen molar-refractivity contribution in [1.82, 2.24) is 9.78 Å². The van der Waals surface area contributed by atoms with E-state index < -0.39 is 5.97 Å². The SMILES string of the molecule is Cn1nccc1CCC(CCCCN)C(=O)O. The first-order chi connectivity index (χ1) is 8.15. The lowest BCUT2D eigenvalue weighted by Gasteiger charge is -2.11. The van der Waals surface area contributed by atoms with Crippen molar-refractivity contribution in [2.75, 3.05) is 6.54 Å². The van der Waals surface area contributed by atoms with E-state index in [4.69, 9.17) is 10.8 Å². The first kappa shape index (κ1) is 13.7. The van der Waals surface area contributed by atoms with Gasteiger partial charge in [0.1, 0.15) is 0 Å². The summed E-state index contributed by atoms with van der Waals surface area (Å²) in [6.07, 6.45) is 5.66. The van der Waals surface area contributed by atoms with Gasteiger partial charge in [-0.3, -0.25) is 9.48 Å². The number of carboxylic acids is 1. The number of aryl methyl sites for hydroxylation is 2. The third-order valence-corrected chi connectivity index (χ3v) is 3.03. The maximum atomic E-state index is 11.1. The highest BCUT2D eigenvalue weighted by molar-refractivity contribution is 5.69. The zero-order chi connectivity index (χ0) is 12.7. The second-order valence-electron chi connectivity index (χ2n) is 4.30. The molecule has 0 radical (unpaired) electrons. The minimum atomic E-state index is -0.704. The van der Waals surface area contributed by atoms with Crippen LogP contribution in [-0.2, 0) is 18.3 Å². The summed E-state index contributed by atoms with van der Waals surface area (Å²) in [5.41, 5.74) is 6.48. The summed E-state index contributed by atoms with van der Waals surface area (Å²) in [6, 6.07) is 1.93. The molecule has 1 atom stereocenters. The summed E-state index contributed by atoms with van der Waals surface area (Å²) in [7, 11) is 1.87. The topological polar surface area (TPSA) is 81.1 Å². The van der Waals surface area contributed by atoms with Crippen LogP contribution in [0.15, 0.2) is 12.3 Å². The molecule has 5 heteroatoms. The number of hydrogen-bond acceptors (Lipinski definition) is 3. The molecule has 3 N–H and O–H groups in total. The third kappa shape index (κ3) is 4.56. The molecule has 0 fully saturated rings. The Morgan fingerprint density at radius 2 is 2.29 bits per heavy atom. The van der Waals surface area contributed by atoms with E-state index in [2.05, 4.69) is 5.10 Å². The summed E-state index contributed by atoms with van der Waals surface area (Å²) in [6.45, 7) is 0.633. The monoisotopic (exact) mass is 239 g/mol. The average molecular weight is 239 g/mol. The standard InChI is InChI=1S/C12H21N3O2/c1-15-11(7-9-14-15)6-5-10(12(16)17)4-2-3-8-13/h7,9-10H,2-6,8,13H2,1H3,(H,16,17). The van der Waals surface area contributed by atoms with Crippen LogP contribution in [0.3, 0.4) is 0 Å². The molecule has 0 amide bonds. The molecular weight excluding hydrogens is 218 g/mol. The Balaban J connectivity index is 2.39. The summed E-state index contributed by atoms with van der Waals surface area (Å²) in [5, 5.41) is 13.2. The minimum absolute atomic E-state index is 0.267. The molecule has 0 bridgehead atoms. The molecule has 0 spiro atoms. The number of aromatic nitrogens is 2. The average Bonchev–Trinajstić information content (AvgIpc) is 2.69. The van der Waals surface area contributed by atoms with E-state index in [0.717, 1.165) is 25.0 Å². The molecule has 1 aromatic heterocycles. The number of nitrogens with zero attached hydrogens (tertiary/aromatic N) is 2. The Hall–Kier alpha value is -1.36. The number of carbonyl (C=O) groups is 1. The van der Waals surface area contributed by atoms with Crippen molar-refractivity contribution in [3.05, 3.63) is 18.0 Å². The minimum Gasteiger partial charge on any atom is -0.481 e. The molecule has 0 aliphatic carbocycles. The predicted molar refractivity (Wildman–Crippen MR) is 65.6 cm³/mol. The van der Waals surface area contributed by atoms with Gasteiger partial charge in [0, 0.05) is 18.9 Å². The zero-order valence-corrected chi connectivity index (χ0v) is 10.3. The first-order valence-corrected chi connectivity index (χ1v) is 6.05. The fourth-order valence-electron chi connectivity index (χ4n) is 1.90. The Kier molecular flexibility index (Phi) is 5.69. The first-order valence-electron chi connectivity index (χ1n) is 6.05. The van der Waals surface area contributed by atoms with Crippen LogP contribution in [0.4, 0.5) is 0 Å². The van der Waals surface area contributed by atoms with Crippen LogP contribution in [-0.4, -0.2) is 27.4 Å². The highest BCUT2D eigenvalue weighted by Gasteiger charge is 2.17. The van der Waals surface area contributed by atoms with E-state index >= 15 is 0 Å². The van der Waals surface area contributed by atoms with E-state index in [1.165, 1.54) is 0 Å². The maximum absolute atomic E-state index is 11.1. The molecule has 1 unspecified atom stereocenters. The lowest BCUT2D eigenvalue weighted by atomic mass is 9.96. The van der Waals surface area contributed by atoms with Crippen molar-refractivity contribution in [2.45, 2.75) is 32.1 Å². The number of aliphatic carboxylic acids is 1. The number of rotatable bonds is 8. The van der Waals surface area contributed by atoms with Crippen LogP contribution in [0.25, 0.3) is 0 Å². The maximum Gasteiger partial charge on any atom is 0.306 e. The van der Waals surface area contributed by atoms with Crippen molar-refractivity contribution in [3.63, 3.8) is 0 Å². The van der Waals surface area contributed by atoms with E-state index in [1.807, 2.05) is 13.1 Å². The molecule has 0 aliphatic heterocycles. The van der Waals surface area contributed by atoms with Crippen molar-refractivity contribution >= 4 is 5.97 Å². The van der Waals surface area contributed by atoms with Crippen LogP contribution in [0, 0.1) is 5.92 Å². The Labute approximate surface area is 102 Å². The summed E-state index contributed by atoms with van der Waals surface area (Å²) in [5.74, 6) is -0.972. The molecular formula is C12H21N3O2. The zero-order valence-electron chi connectivity index (χ0n) is 10.3. The van der Waals surface area contributed by atoms with Gasteiger partial charge < -0.3 is 10.8 Å². The third-order valence-electron chi connectivity index (χ3n) is 3.03. The lowest BCUT2D eigenvalue weighted by molar-refractivity contribution is -0.142. The van der Waals surface area contributed by atoms with Crippen LogP contribution < -0.4 is 5.73 Å². The smallest absolute Gasteiger partial charge is 0.306 e. The molecule has 17 heavy (non-hydrogen) atoms. The molecule has 0 saturated carbocycles. The van der Waals surface area contributed by atoms with Gasteiger partial charge in [-0.25, -0.2) is 0 Å². The molecule has 0 saturated heterocycles. The fraction of sp³-hybridized carbons (Fsp3) is 0.667. The van der Waals surface area contributed by atoms with E-state index in [0.29, 0.717) is 19.4 Å². The Morgan fingerprint density at radius 1 is 1.53 bits per heavy atom. The van der Waals surface area contributed by atoms with Gasteiger partial charge in [-0.15, -0.1) is 0 Å². The van der Waals surface area contributed by atoms with Gasteiger partial charge in [0.25, 0.3) is 0 Å². The molecule has 1 heterocycles. The van der Waals surface area contributed by atoms with Gasteiger partial charge in [-0.1, -0.05) is 6.42 Å². The van der Waals surface area contributed by atoms with Crippen molar-refractivity contribution in [3.8, 4) is 0 Å². The Morgan fingerprint density at radius 3 is 2.82 bits per heavy atom. The van der Waals surface area contributed by atoms with Crippen molar-refractivity contribution in [2.24, 2.45) is 18.7 Å². The molecule has 1 rings (SSSR count). The summed E-state index contributed by atoms with van der Waals surface area (Å²) < 4.78 is 1.79. The molecule has 0 aliphatic rings. The van der Waals surface area contributed by atoms with Gasteiger partial charge >= 0.3 is 5.97 Å². The Bertz CT molecular complexity index is 349. The largest absolute Gasteiger partial charge is 0.481 e. The van der Waals surface area contributed by atoms with Crippen LogP contribution in [0.1, 0.15) is 31.4 Å². The van der Waals surface area contributed by atoms with E-state index in [9.17, 15) is 4.79 Å². The number of hydrogen-bond donors (Lipinski definition) is 2. The summed E-state index contributed by atoms with van der Waals surface area (Å²) >= 11 is 0. The predicted octanol–water partition coefficient (Wildman–Crippen LogP) is 1.18. The van der Waals surface area contributed by atoms with Crippen LogP contribution >= 0.6 is 0 Å². The van der Waals surface area contributed by atoms with E-state index in [-0.39, 0.29) is 5.92 Å². The van der Waals surface area contributed by atoms with Gasteiger partial charge in [0.2, 0.25) is 0 Å². The molecule has 0 aromatic carbocycles. The molecule has 96 valence electrons. The van der Waals surface area contributed by atoms with Gasteiger partial charge in [-0.2, -0.15) is 5.10 Å². The second-order valence-corrected chi connectivity index (χ2v) is 4.30. The second kappa shape index (κ2) is 7.06. The number of carboxylic acid groups (broad SMARTS) is 1. The number of unbranched alkanes of at least 4 members (excludes halogenated alkanes) is 1. The lowest BCUT2D eigenvalue weighted by Crippen LogP contribution is -2.16. The van der Waals surface area contributed by atoms with E-state index in [1.54, 1.807) is 10.9 Å². The van der Waals surface area contributed by atoms with Crippen molar-refractivity contribution in [1.29, 1.82) is 0 Å². The fourth-order valence-corrected chi connectivity index (χ4v) is 1.90. The van der Waals surface area contributed by atoms with Gasteiger partial charge in [0.05, 0.1) is 5.92 Å². The van der Waals surface area contributed by atoms with Gasteiger partial charge in [0.15, 0.2) is 0 Å². The summed E-state index contributed by atoms with van der Waals surface area (Å²) in [4.78, 5) is 11.1. The van der Waals surface area contributed by atoms with Gasteiger partial charge in [-0.05, 0) is 38.3 Å². The molecule has 5 nitrogen and oxygen atoms in total. The quantitative estimate of drug-likeness (QED) is 0.667. The highest BCUT2D eigenvalue weighted by atomic mass is 16.4. The number of nitrogens with two attached hydrogens (primary N) is 1. The van der Waals surface area contributed by atoms with Crippen molar-refractivity contribution < 1.29 is 9.90 Å². The van der Waals surface area contributed by atoms with Crippen LogP contribution in [0.2, 0.25) is 0 Å². The molecule has 1 aromatic rings.